The van der Waals surface area contributed by atoms with E-state index in [1.807, 2.05) is 23.7 Å². The number of halogens is 1. The van der Waals surface area contributed by atoms with Crippen molar-refractivity contribution in [1.82, 2.24) is 4.98 Å². The molecule has 95 valence electrons. The van der Waals surface area contributed by atoms with Crippen LogP contribution >= 0.6 is 11.3 Å². The summed E-state index contributed by atoms with van der Waals surface area (Å²) in [7, 11) is 0. The molecule has 19 heavy (non-hydrogen) atoms. The van der Waals surface area contributed by atoms with Crippen LogP contribution in [0.4, 0.5) is 4.39 Å². The maximum Gasteiger partial charge on any atom is 0.0683 e. The van der Waals surface area contributed by atoms with E-state index in [0.717, 1.165) is 31.8 Å². The van der Waals surface area contributed by atoms with Crippen LogP contribution in [0.1, 0.15) is 0 Å². The average molecular weight is 445 g/mol. The molecule has 0 amide bonds. The zero-order chi connectivity index (χ0) is 12.1. The van der Waals surface area contributed by atoms with Gasteiger partial charge in [0.25, 0.3) is 0 Å². The zero-order valence-electron chi connectivity index (χ0n) is 9.61. The number of hydrogen-bond acceptors (Lipinski definition) is 2. The third-order valence-corrected chi connectivity index (χ3v) is 4.03. The van der Waals surface area contributed by atoms with Gasteiger partial charge in [-0.15, -0.1) is 34.9 Å². The molecule has 1 aromatic heterocycles. The molecular formula is C15H7FIrNS-. The minimum absolute atomic E-state index is 0. The van der Waals surface area contributed by atoms with Crippen molar-refractivity contribution >= 4 is 43.1 Å². The zero-order valence-corrected chi connectivity index (χ0v) is 12.8. The van der Waals surface area contributed by atoms with Gasteiger partial charge in [0.1, 0.15) is 0 Å². The first-order valence-corrected chi connectivity index (χ1v) is 6.47. The fourth-order valence-corrected chi connectivity index (χ4v) is 3.25. The Morgan fingerprint density at radius 3 is 2.74 bits per heavy atom. The minimum Gasteiger partial charge on any atom is -0.293 e. The molecule has 0 bridgehead atoms. The molecule has 1 radical (unpaired) electrons. The van der Waals surface area contributed by atoms with Crippen LogP contribution in [0.2, 0.25) is 0 Å². The third kappa shape index (κ3) is 1.79. The Labute approximate surface area is 126 Å². The maximum atomic E-state index is 13.4. The van der Waals surface area contributed by atoms with Crippen LogP contribution in [0.5, 0.6) is 0 Å². The second-order valence-electron chi connectivity index (χ2n) is 4.18. The van der Waals surface area contributed by atoms with Crippen LogP contribution in [0.25, 0.3) is 31.8 Å². The van der Waals surface area contributed by atoms with Crippen LogP contribution in [0.15, 0.2) is 41.9 Å². The van der Waals surface area contributed by atoms with Gasteiger partial charge < -0.3 is 0 Å². The van der Waals surface area contributed by atoms with E-state index < -0.39 is 0 Å². The van der Waals surface area contributed by atoms with Gasteiger partial charge in [0.05, 0.1) is 5.51 Å². The molecule has 0 saturated carbocycles. The Morgan fingerprint density at radius 1 is 1.11 bits per heavy atom. The van der Waals surface area contributed by atoms with Gasteiger partial charge in [0, 0.05) is 36.1 Å². The summed E-state index contributed by atoms with van der Waals surface area (Å²) in [4.78, 5) is 4.39. The van der Waals surface area contributed by atoms with Crippen LogP contribution in [-0.4, -0.2) is 4.98 Å². The molecule has 1 nitrogen and oxygen atoms in total. The molecule has 0 saturated heterocycles. The molecule has 4 rings (SSSR count). The monoisotopic (exact) mass is 445 g/mol. The van der Waals surface area contributed by atoms with E-state index in [-0.39, 0.29) is 25.9 Å². The standard InChI is InChI=1S/C15H7FNS.Ir/c16-9-5-6-11-13(7-9)10-3-1-2-4-12(10)15-14(11)17-8-18-15;/h1-5,7-8H;/q-1;. The summed E-state index contributed by atoms with van der Waals surface area (Å²) in [6, 6.07) is 14.0. The summed E-state index contributed by atoms with van der Waals surface area (Å²) >= 11 is 1.61. The SMILES string of the molecule is Fc1c[c-]c2c(c1)c1ccccc1c1scnc21.[Ir]. The summed E-state index contributed by atoms with van der Waals surface area (Å²) in [6.07, 6.45) is 0. The number of aromatic nitrogens is 1. The second-order valence-corrected chi connectivity index (χ2v) is 5.04. The first kappa shape index (κ1) is 12.7. The summed E-state index contributed by atoms with van der Waals surface area (Å²) in [5.41, 5.74) is 2.74. The van der Waals surface area contributed by atoms with E-state index >= 15 is 0 Å². The van der Waals surface area contributed by atoms with Crippen molar-refractivity contribution < 1.29 is 24.5 Å². The van der Waals surface area contributed by atoms with Crippen molar-refractivity contribution in [2.24, 2.45) is 0 Å². The van der Waals surface area contributed by atoms with E-state index in [4.69, 9.17) is 0 Å². The van der Waals surface area contributed by atoms with Gasteiger partial charge in [0.2, 0.25) is 0 Å². The van der Waals surface area contributed by atoms with Crippen molar-refractivity contribution in [1.29, 1.82) is 0 Å². The fraction of sp³-hybridized carbons (Fsp3) is 0. The number of fused-ring (bicyclic) bond motifs is 6. The number of nitrogens with zero attached hydrogens (tertiary/aromatic N) is 1. The molecule has 0 unspecified atom stereocenters. The summed E-state index contributed by atoms with van der Waals surface area (Å²) in [5.74, 6) is -0.262. The molecule has 4 heteroatoms. The molecule has 0 aliphatic heterocycles. The predicted octanol–water partition coefficient (Wildman–Crippen LogP) is 4.54. The normalized spacial score (nSPS) is 11.0. The Bertz CT molecular complexity index is 900. The van der Waals surface area contributed by atoms with Gasteiger partial charge in [-0.1, -0.05) is 35.0 Å². The smallest absolute Gasteiger partial charge is 0.0683 e. The van der Waals surface area contributed by atoms with Crippen LogP contribution in [0.3, 0.4) is 0 Å². The molecular weight excluding hydrogens is 437 g/mol. The molecule has 0 N–H and O–H groups in total. The van der Waals surface area contributed by atoms with Gasteiger partial charge >= 0.3 is 0 Å². The minimum atomic E-state index is -0.262. The van der Waals surface area contributed by atoms with Gasteiger partial charge in [-0.05, 0) is 5.39 Å². The second kappa shape index (κ2) is 4.64. The van der Waals surface area contributed by atoms with Crippen molar-refractivity contribution in [2.75, 3.05) is 0 Å². The summed E-state index contributed by atoms with van der Waals surface area (Å²) in [5, 5.41) is 3.96. The number of thiazole rings is 1. The molecule has 1 heterocycles. The van der Waals surface area contributed by atoms with E-state index in [0.29, 0.717) is 0 Å². The molecule has 0 atom stereocenters. The Morgan fingerprint density at radius 2 is 1.89 bits per heavy atom. The van der Waals surface area contributed by atoms with Crippen LogP contribution < -0.4 is 0 Å². The summed E-state index contributed by atoms with van der Waals surface area (Å²) in [6.45, 7) is 0. The predicted molar refractivity (Wildman–Crippen MR) is 73.4 cm³/mol. The molecule has 0 spiro atoms. The van der Waals surface area contributed by atoms with E-state index in [9.17, 15) is 4.39 Å². The maximum absolute atomic E-state index is 13.4. The number of hydrogen-bond donors (Lipinski definition) is 0. The van der Waals surface area contributed by atoms with Crippen LogP contribution in [-0.2, 0) is 20.1 Å². The Balaban J connectivity index is 0.00000110. The van der Waals surface area contributed by atoms with Crippen molar-refractivity contribution in [3.63, 3.8) is 0 Å². The average Bonchev–Trinajstić information content (AvgIpc) is 2.88. The number of rotatable bonds is 0. The molecule has 3 aromatic carbocycles. The van der Waals surface area contributed by atoms with E-state index in [1.165, 1.54) is 6.07 Å². The molecule has 0 aliphatic carbocycles. The Kier molecular flexibility index (Phi) is 3.09. The molecule has 4 aromatic rings. The van der Waals surface area contributed by atoms with Gasteiger partial charge in [-0.25, -0.2) is 0 Å². The van der Waals surface area contributed by atoms with Crippen molar-refractivity contribution in [2.45, 2.75) is 0 Å². The first-order valence-electron chi connectivity index (χ1n) is 5.59. The van der Waals surface area contributed by atoms with Gasteiger partial charge in [-0.2, -0.15) is 0 Å². The summed E-state index contributed by atoms with van der Waals surface area (Å²) < 4.78 is 14.6. The quantitative estimate of drug-likeness (QED) is 0.287. The van der Waals surface area contributed by atoms with Crippen molar-refractivity contribution in [3.05, 3.63) is 53.8 Å². The third-order valence-electron chi connectivity index (χ3n) is 3.17. The van der Waals surface area contributed by atoms with E-state index in [2.05, 4.69) is 17.1 Å². The van der Waals surface area contributed by atoms with Crippen molar-refractivity contribution in [3.8, 4) is 0 Å². The van der Waals surface area contributed by atoms with Gasteiger partial charge in [0.15, 0.2) is 0 Å². The number of benzene rings is 3. The Hall–Kier alpha value is -1.35. The molecule has 0 fully saturated rings. The largest absolute Gasteiger partial charge is 0.293 e. The topological polar surface area (TPSA) is 12.9 Å². The fourth-order valence-electron chi connectivity index (χ4n) is 2.41. The first-order chi connectivity index (χ1) is 8.84. The van der Waals surface area contributed by atoms with Crippen LogP contribution in [0, 0.1) is 11.9 Å². The molecule has 0 aliphatic rings. The van der Waals surface area contributed by atoms with E-state index in [1.54, 1.807) is 17.4 Å². The van der Waals surface area contributed by atoms with Gasteiger partial charge in [-0.3, -0.25) is 9.37 Å².